The van der Waals surface area contributed by atoms with Crippen LogP contribution in [0.5, 0.6) is 0 Å². The quantitative estimate of drug-likeness (QED) is 0.119. The van der Waals surface area contributed by atoms with Gasteiger partial charge in [-0.15, -0.1) is 12.3 Å². The first kappa shape index (κ1) is 27.5. The average molecular weight is 409 g/mol. The van der Waals surface area contributed by atoms with Crippen LogP contribution < -0.4 is 0 Å². The van der Waals surface area contributed by atoms with E-state index in [4.69, 9.17) is 6.42 Å². The van der Waals surface area contributed by atoms with Gasteiger partial charge in [-0.3, -0.25) is 9.59 Å². The predicted octanol–water partition coefficient (Wildman–Crippen LogP) is 7.21. The minimum Gasteiger partial charge on any atom is -0.480 e. The van der Waals surface area contributed by atoms with Gasteiger partial charge >= 0.3 is 11.9 Å². The van der Waals surface area contributed by atoms with Crippen LogP contribution in [0.15, 0.2) is 0 Å². The van der Waals surface area contributed by atoms with Crippen LogP contribution in [0.1, 0.15) is 129 Å². The number of rotatable bonds is 21. The number of aliphatic carboxylic acids is 2. The first-order valence-corrected chi connectivity index (χ1v) is 11.9. The zero-order valence-corrected chi connectivity index (χ0v) is 18.7. The van der Waals surface area contributed by atoms with Crippen molar-refractivity contribution in [1.82, 2.24) is 0 Å². The van der Waals surface area contributed by atoms with Gasteiger partial charge in [0.25, 0.3) is 0 Å². The lowest BCUT2D eigenvalue weighted by Gasteiger charge is -2.25. The van der Waals surface area contributed by atoms with Crippen LogP contribution in [0.4, 0.5) is 0 Å². The Hall–Kier alpha value is -1.50. The van der Waals surface area contributed by atoms with Gasteiger partial charge in [0.1, 0.15) is 0 Å². The molecule has 0 aliphatic rings. The van der Waals surface area contributed by atoms with E-state index < -0.39 is 17.4 Å². The molecule has 0 saturated heterocycles. The summed E-state index contributed by atoms with van der Waals surface area (Å²) in [5.41, 5.74) is -1.60. The molecule has 2 N–H and O–H groups in total. The largest absolute Gasteiger partial charge is 0.480 e. The third-order valence-electron chi connectivity index (χ3n) is 5.95. The van der Waals surface area contributed by atoms with Crippen molar-refractivity contribution in [2.75, 3.05) is 0 Å². The predicted molar refractivity (Wildman–Crippen MR) is 120 cm³/mol. The van der Waals surface area contributed by atoms with Gasteiger partial charge in [-0.2, -0.15) is 0 Å². The van der Waals surface area contributed by atoms with E-state index in [2.05, 4.69) is 12.8 Å². The number of hydrogen-bond donors (Lipinski definition) is 2. The maximum absolute atomic E-state index is 11.8. The van der Waals surface area contributed by atoms with Crippen molar-refractivity contribution >= 4 is 11.9 Å². The van der Waals surface area contributed by atoms with Crippen LogP contribution in [0, 0.1) is 17.8 Å². The molecule has 0 unspecified atom stereocenters. The fraction of sp³-hybridized carbons (Fsp3) is 0.840. The Kier molecular flexibility index (Phi) is 17.6. The fourth-order valence-corrected chi connectivity index (χ4v) is 3.92. The zero-order valence-electron chi connectivity index (χ0n) is 18.7. The van der Waals surface area contributed by atoms with Crippen LogP contribution >= 0.6 is 0 Å². The third kappa shape index (κ3) is 13.4. The smallest absolute Gasteiger partial charge is 0.321 e. The Balaban J connectivity index is 4.09. The van der Waals surface area contributed by atoms with Crippen LogP contribution in [-0.2, 0) is 9.59 Å². The van der Waals surface area contributed by atoms with E-state index >= 15 is 0 Å². The minimum atomic E-state index is -1.60. The van der Waals surface area contributed by atoms with E-state index in [0.717, 1.165) is 64.2 Å². The highest BCUT2D eigenvalue weighted by atomic mass is 16.4. The highest BCUT2D eigenvalue weighted by Crippen LogP contribution is 2.33. The number of hydrogen-bond acceptors (Lipinski definition) is 2. The van der Waals surface area contributed by atoms with Gasteiger partial charge in [0.05, 0.1) is 0 Å². The second kappa shape index (κ2) is 18.5. The van der Waals surface area contributed by atoms with Crippen molar-refractivity contribution < 1.29 is 19.8 Å². The van der Waals surface area contributed by atoms with Crippen LogP contribution in [-0.4, -0.2) is 22.2 Å². The van der Waals surface area contributed by atoms with Gasteiger partial charge in [-0.05, 0) is 19.3 Å². The molecular weight excluding hydrogens is 364 g/mol. The summed E-state index contributed by atoms with van der Waals surface area (Å²) >= 11 is 0. The van der Waals surface area contributed by atoms with Gasteiger partial charge in [0, 0.05) is 6.42 Å². The van der Waals surface area contributed by atoms with Gasteiger partial charge in [0.15, 0.2) is 5.41 Å². The van der Waals surface area contributed by atoms with Crippen molar-refractivity contribution in [2.45, 2.75) is 129 Å². The minimum absolute atomic E-state index is 0.242. The van der Waals surface area contributed by atoms with Crippen LogP contribution in [0.3, 0.4) is 0 Å². The van der Waals surface area contributed by atoms with Gasteiger partial charge in [-0.1, -0.05) is 103 Å². The van der Waals surface area contributed by atoms with Crippen molar-refractivity contribution in [3.63, 3.8) is 0 Å². The Morgan fingerprint density at radius 2 is 1.00 bits per heavy atom. The Bertz CT molecular complexity index is 450. The van der Waals surface area contributed by atoms with Gasteiger partial charge < -0.3 is 10.2 Å². The first-order valence-electron chi connectivity index (χ1n) is 11.9. The molecular formula is C25H44O4. The molecule has 0 radical (unpaired) electrons. The van der Waals surface area contributed by atoms with E-state index in [1.165, 1.54) is 32.1 Å². The highest BCUT2D eigenvalue weighted by molar-refractivity contribution is 5.98. The standard InChI is InChI=1S/C25H44O4/c1-3-5-7-9-11-13-15-17-19-21-25(23(26)27,24(28)29)22-20-18-16-14-12-10-8-6-4-2/h1H,4-22H2,2H3,(H,26,27)(H,28,29). The lowest BCUT2D eigenvalue weighted by molar-refractivity contribution is -0.166. The molecule has 0 amide bonds. The Labute approximate surface area is 178 Å². The van der Waals surface area contributed by atoms with E-state index in [0.29, 0.717) is 12.8 Å². The van der Waals surface area contributed by atoms with Crippen LogP contribution in [0.2, 0.25) is 0 Å². The average Bonchev–Trinajstić information content (AvgIpc) is 2.69. The molecule has 0 aromatic carbocycles. The monoisotopic (exact) mass is 408 g/mol. The SMILES string of the molecule is C#CCCCCCCCCCC(CCCCCCCCCCC)(C(=O)O)C(=O)O. The fourth-order valence-electron chi connectivity index (χ4n) is 3.92. The molecule has 4 nitrogen and oxygen atoms in total. The highest BCUT2D eigenvalue weighted by Gasteiger charge is 2.45. The van der Waals surface area contributed by atoms with Crippen molar-refractivity contribution in [3.8, 4) is 12.3 Å². The summed E-state index contributed by atoms with van der Waals surface area (Å²) in [6.07, 6.45) is 23.8. The molecule has 29 heavy (non-hydrogen) atoms. The third-order valence-corrected chi connectivity index (χ3v) is 5.95. The van der Waals surface area contributed by atoms with E-state index in [9.17, 15) is 19.8 Å². The van der Waals surface area contributed by atoms with E-state index in [1.54, 1.807) is 0 Å². The second-order valence-corrected chi connectivity index (χ2v) is 8.45. The van der Waals surface area contributed by atoms with E-state index in [1.807, 2.05) is 0 Å². The summed E-state index contributed by atoms with van der Waals surface area (Å²) in [6.45, 7) is 2.21. The maximum atomic E-state index is 11.8. The molecule has 0 heterocycles. The molecule has 0 aliphatic carbocycles. The van der Waals surface area contributed by atoms with Crippen molar-refractivity contribution in [1.29, 1.82) is 0 Å². The lowest BCUT2D eigenvalue weighted by Crippen LogP contribution is -2.39. The summed E-state index contributed by atoms with van der Waals surface area (Å²) < 4.78 is 0. The van der Waals surface area contributed by atoms with Crippen molar-refractivity contribution in [2.24, 2.45) is 5.41 Å². The van der Waals surface area contributed by atoms with Crippen molar-refractivity contribution in [3.05, 3.63) is 0 Å². The number of carboxylic acids is 2. The van der Waals surface area contributed by atoms with Gasteiger partial charge in [-0.25, -0.2) is 0 Å². The normalized spacial score (nSPS) is 11.3. The number of unbranched alkanes of at least 4 members (excludes halogenated alkanes) is 15. The molecule has 168 valence electrons. The molecule has 0 aromatic rings. The Morgan fingerprint density at radius 1 is 0.655 bits per heavy atom. The Morgan fingerprint density at radius 3 is 1.34 bits per heavy atom. The second-order valence-electron chi connectivity index (χ2n) is 8.45. The summed E-state index contributed by atoms with van der Waals surface area (Å²) in [5.74, 6) is 0.308. The molecule has 0 rings (SSSR count). The first-order chi connectivity index (χ1) is 14.0. The molecule has 0 atom stereocenters. The molecule has 0 aromatic heterocycles. The summed E-state index contributed by atoms with van der Waals surface area (Å²) in [7, 11) is 0. The molecule has 0 aliphatic heterocycles. The number of carbonyl (C=O) groups is 2. The molecule has 0 bridgehead atoms. The number of carboxylic acid groups (broad SMARTS) is 2. The summed E-state index contributed by atoms with van der Waals surface area (Å²) in [5, 5.41) is 19.3. The van der Waals surface area contributed by atoms with Gasteiger partial charge in [0.2, 0.25) is 0 Å². The summed E-state index contributed by atoms with van der Waals surface area (Å²) in [6, 6.07) is 0. The van der Waals surface area contributed by atoms with Crippen LogP contribution in [0.25, 0.3) is 0 Å². The zero-order chi connectivity index (χ0) is 21.8. The van der Waals surface area contributed by atoms with E-state index in [-0.39, 0.29) is 12.8 Å². The molecule has 0 fully saturated rings. The lowest BCUT2D eigenvalue weighted by atomic mass is 9.78. The molecule has 0 saturated carbocycles. The maximum Gasteiger partial charge on any atom is 0.321 e. The topological polar surface area (TPSA) is 74.6 Å². The molecule has 0 spiro atoms. The number of terminal acetylenes is 1. The summed E-state index contributed by atoms with van der Waals surface area (Å²) in [4.78, 5) is 23.6. The molecule has 4 heteroatoms.